The van der Waals surface area contributed by atoms with Gasteiger partial charge in [-0.2, -0.15) is 0 Å². The van der Waals surface area contributed by atoms with Gasteiger partial charge in [-0.15, -0.1) is 0 Å². The van der Waals surface area contributed by atoms with Crippen molar-refractivity contribution in [1.29, 1.82) is 0 Å². The van der Waals surface area contributed by atoms with Crippen molar-refractivity contribution in [3.63, 3.8) is 0 Å². The second-order valence-electron chi connectivity index (χ2n) is 3.53. The number of aliphatic hydroxyl groups excluding tert-OH is 1. The highest BCUT2D eigenvalue weighted by Crippen LogP contribution is 2.29. The second-order valence-corrected chi connectivity index (χ2v) is 4.80. The minimum Gasteiger partial charge on any atom is -0.506 e. The lowest BCUT2D eigenvalue weighted by atomic mass is 10.2. The van der Waals surface area contributed by atoms with Gasteiger partial charge in [0.05, 0.1) is 26.1 Å². The molecule has 6 heteroatoms. The maximum absolute atomic E-state index is 9.48. The first-order valence-corrected chi connectivity index (χ1v) is 5.93. The molecule has 3 nitrogen and oxygen atoms in total. The van der Waals surface area contributed by atoms with E-state index < -0.39 is 0 Å². The van der Waals surface area contributed by atoms with Gasteiger partial charge in [0.2, 0.25) is 0 Å². The Kier molecular flexibility index (Phi) is 3.48. The maximum atomic E-state index is 9.48. The van der Waals surface area contributed by atoms with E-state index in [4.69, 9.17) is 34.8 Å². The van der Waals surface area contributed by atoms with E-state index >= 15 is 0 Å². The quantitative estimate of drug-likeness (QED) is 0.820. The van der Waals surface area contributed by atoms with Crippen LogP contribution in [0.5, 0.6) is 0 Å². The summed E-state index contributed by atoms with van der Waals surface area (Å²) in [5, 5.41) is 10.3. The first-order chi connectivity index (χ1) is 8.40. The lowest BCUT2D eigenvalue weighted by molar-refractivity contribution is 0.510. The number of rotatable bonds is 2. The van der Waals surface area contributed by atoms with E-state index in [1.807, 2.05) is 0 Å². The van der Waals surface area contributed by atoms with E-state index in [0.717, 1.165) is 0 Å². The SMILES string of the molecule is C=C(O)c1nc2cc(Cl)c(Cl)cc2nc1C(=C)Cl. The summed E-state index contributed by atoms with van der Waals surface area (Å²) in [6.07, 6.45) is 0. The molecule has 0 spiro atoms. The zero-order valence-corrected chi connectivity index (χ0v) is 11.3. The van der Waals surface area contributed by atoms with E-state index in [0.29, 0.717) is 21.1 Å². The molecule has 92 valence electrons. The van der Waals surface area contributed by atoms with E-state index in [-0.39, 0.29) is 22.2 Å². The van der Waals surface area contributed by atoms with E-state index in [1.54, 1.807) is 12.1 Å². The first kappa shape index (κ1) is 13.1. The van der Waals surface area contributed by atoms with Crippen molar-refractivity contribution in [2.75, 3.05) is 0 Å². The van der Waals surface area contributed by atoms with Crippen molar-refractivity contribution >= 4 is 56.6 Å². The van der Waals surface area contributed by atoms with Crippen molar-refractivity contribution in [2.24, 2.45) is 0 Å². The Balaban J connectivity index is 2.84. The number of halogens is 3. The Morgan fingerprint density at radius 3 is 1.83 bits per heavy atom. The monoisotopic (exact) mass is 300 g/mol. The Labute approximate surface area is 118 Å². The number of fused-ring (bicyclic) bond motifs is 1. The smallest absolute Gasteiger partial charge is 0.136 e. The summed E-state index contributed by atoms with van der Waals surface area (Å²) in [4.78, 5) is 8.44. The molecule has 0 bridgehead atoms. The van der Waals surface area contributed by atoms with Gasteiger partial charge in [-0.1, -0.05) is 48.0 Å². The number of hydrogen-bond donors (Lipinski definition) is 1. The molecule has 0 aliphatic rings. The molecule has 1 aromatic heterocycles. The Morgan fingerprint density at radius 1 is 1.00 bits per heavy atom. The third-order valence-corrected chi connectivity index (χ3v) is 3.14. The van der Waals surface area contributed by atoms with Crippen molar-refractivity contribution in [1.82, 2.24) is 9.97 Å². The van der Waals surface area contributed by atoms with Crippen LogP contribution >= 0.6 is 34.8 Å². The lowest BCUT2D eigenvalue weighted by Crippen LogP contribution is -1.99. The van der Waals surface area contributed by atoms with Crippen LogP contribution in [-0.2, 0) is 0 Å². The van der Waals surface area contributed by atoms with Gasteiger partial charge < -0.3 is 5.11 Å². The Bertz CT molecular complexity index is 624. The lowest BCUT2D eigenvalue weighted by Gasteiger charge is -2.08. The molecule has 0 radical (unpaired) electrons. The summed E-state index contributed by atoms with van der Waals surface area (Å²) in [5.74, 6) is -0.243. The number of aliphatic hydroxyl groups is 1. The van der Waals surface area contributed by atoms with Crippen molar-refractivity contribution in [3.8, 4) is 0 Å². The summed E-state index contributed by atoms with van der Waals surface area (Å²) in [7, 11) is 0. The number of benzene rings is 1. The summed E-state index contributed by atoms with van der Waals surface area (Å²) >= 11 is 17.6. The van der Waals surface area contributed by atoms with Gasteiger partial charge in [-0.05, 0) is 12.1 Å². The summed E-state index contributed by atoms with van der Waals surface area (Å²) in [5.41, 5.74) is 1.42. The van der Waals surface area contributed by atoms with Crippen LogP contribution in [0.2, 0.25) is 10.0 Å². The van der Waals surface area contributed by atoms with Crippen molar-refractivity contribution in [3.05, 3.63) is 46.7 Å². The number of hydrogen-bond acceptors (Lipinski definition) is 3. The standard InChI is InChI=1S/C12H7Cl3N2O/c1-5(13)11-12(6(2)18)17-10-4-8(15)7(14)3-9(10)16-11/h3-4,18H,1-2H2. The number of aromatic nitrogens is 2. The molecular weight excluding hydrogens is 295 g/mol. The topological polar surface area (TPSA) is 46.0 Å². The molecule has 0 amide bonds. The largest absolute Gasteiger partial charge is 0.506 e. The average Bonchev–Trinajstić information content (AvgIpc) is 2.28. The maximum Gasteiger partial charge on any atom is 0.136 e. The highest BCUT2D eigenvalue weighted by molar-refractivity contribution is 6.48. The molecular formula is C12H7Cl3N2O. The fraction of sp³-hybridized carbons (Fsp3) is 0. The van der Waals surface area contributed by atoms with Crippen molar-refractivity contribution in [2.45, 2.75) is 0 Å². The van der Waals surface area contributed by atoms with E-state index in [2.05, 4.69) is 23.1 Å². The minimum absolute atomic E-state index is 0.153. The molecule has 1 aromatic carbocycles. The minimum atomic E-state index is -0.243. The summed E-state index contributed by atoms with van der Waals surface area (Å²) in [6.45, 7) is 6.98. The fourth-order valence-corrected chi connectivity index (χ4v) is 1.89. The predicted octanol–water partition coefficient (Wildman–Crippen LogP) is 4.67. The molecule has 0 aliphatic carbocycles. The highest BCUT2D eigenvalue weighted by atomic mass is 35.5. The molecule has 0 atom stereocenters. The van der Waals surface area contributed by atoms with Crippen molar-refractivity contribution < 1.29 is 5.11 Å². The number of nitrogens with zero attached hydrogens (tertiary/aromatic N) is 2. The molecule has 0 fully saturated rings. The normalized spacial score (nSPS) is 10.6. The van der Waals surface area contributed by atoms with Crippen LogP contribution in [0.25, 0.3) is 21.8 Å². The van der Waals surface area contributed by atoms with E-state index in [9.17, 15) is 5.11 Å². The molecule has 0 aliphatic heterocycles. The first-order valence-electron chi connectivity index (χ1n) is 4.80. The Hall–Kier alpha value is -1.29. The van der Waals surface area contributed by atoms with Crippen LogP contribution < -0.4 is 0 Å². The third kappa shape index (κ3) is 2.29. The van der Waals surface area contributed by atoms with Gasteiger partial charge in [-0.3, -0.25) is 0 Å². The van der Waals surface area contributed by atoms with Gasteiger partial charge >= 0.3 is 0 Å². The highest BCUT2D eigenvalue weighted by Gasteiger charge is 2.14. The molecule has 0 saturated heterocycles. The van der Waals surface area contributed by atoms with Crippen LogP contribution in [0.15, 0.2) is 25.3 Å². The van der Waals surface area contributed by atoms with Gasteiger partial charge in [-0.25, -0.2) is 9.97 Å². The average molecular weight is 302 g/mol. The van der Waals surface area contributed by atoms with Crippen LogP contribution in [-0.4, -0.2) is 15.1 Å². The molecule has 2 aromatic rings. The van der Waals surface area contributed by atoms with Gasteiger partial charge in [0.15, 0.2) is 0 Å². The van der Waals surface area contributed by atoms with Gasteiger partial charge in [0.25, 0.3) is 0 Å². The van der Waals surface area contributed by atoms with Crippen LogP contribution in [0.3, 0.4) is 0 Å². The van der Waals surface area contributed by atoms with Crippen LogP contribution in [0.1, 0.15) is 11.4 Å². The molecule has 0 saturated carbocycles. The summed E-state index contributed by atoms with van der Waals surface area (Å²) < 4.78 is 0. The third-order valence-electron chi connectivity index (χ3n) is 2.24. The summed E-state index contributed by atoms with van der Waals surface area (Å²) in [6, 6.07) is 3.12. The van der Waals surface area contributed by atoms with Crippen LogP contribution in [0.4, 0.5) is 0 Å². The van der Waals surface area contributed by atoms with E-state index in [1.165, 1.54) is 0 Å². The molecule has 1 N–H and O–H groups in total. The van der Waals surface area contributed by atoms with Crippen LogP contribution in [0, 0.1) is 0 Å². The fourth-order valence-electron chi connectivity index (χ4n) is 1.44. The zero-order chi connectivity index (χ0) is 13.4. The molecule has 18 heavy (non-hydrogen) atoms. The molecule has 1 heterocycles. The Morgan fingerprint density at radius 2 is 1.44 bits per heavy atom. The van der Waals surface area contributed by atoms with Gasteiger partial charge in [0.1, 0.15) is 17.1 Å². The molecule has 0 unspecified atom stereocenters. The predicted molar refractivity (Wildman–Crippen MR) is 76.1 cm³/mol. The molecule has 2 rings (SSSR count). The second kappa shape index (κ2) is 4.76. The zero-order valence-electron chi connectivity index (χ0n) is 9.04. The van der Waals surface area contributed by atoms with Gasteiger partial charge in [0, 0.05) is 0 Å².